The maximum Gasteiger partial charge on any atom is 0.0460 e. The maximum atomic E-state index is 3.27. The molecular weight excluding hydrogens is 214 g/mol. The number of aromatic nitrogens is 1. The third kappa shape index (κ3) is 1.68. The van der Waals surface area contributed by atoms with Crippen LogP contribution in [0.2, 0.25) is 0 Å². The van der Waals surface area contributed by atoms with Crippen molar-refractivity contribution in [2.45, 2.75) is 0 Å². The summed E-state index contributed by atoms with van der Waals surface area (Å²) in [7, 11) is 0. The second-order valence-corrected chi connectivity index (χ2v) is 4.62. The quantitative estimate of drug-likeness (QED) is 0.665. The molecule has 0 aliphatic heterocycles. The Kier molecular flexibility index (Phi) is 2.35. The van der Waals surface area contributed by atoms with Gasteiger partial charge >= 0.3 is 0 Å². The van der Waals surface area contributed by atoms with Gasteiger partial charge in [0.2, 0.25) is 0 Å². The van der Waals surface area contributed by atoms with Gasteiger partial charge in [0.15, 0.2) is 0 Å². The van der Waals surface area contributed by atoms with E-state index in [1.165, 1.54) is 21.3 Å². The van der Waals surface area contributed by atoms with Crippen LogP contribution in [0.5, 0.6) is 0 Å². The summed E-state index contributed by atoms with van der Waals surface area (Å²) < 4.78 is 0. The summed E-state index contributed by atoms with van der Waals surface area (Å²) in [5.41, 5.74) is 2.43. The van der Waals surface area contributed by atoms with Gasteiger partial charge in [0.1, 0.15) is 0 Å². The highest BCUT2D eigenvalue weighted by atomic mass is 32.1. The Morgan fingerprint density at radius 2 is 1.94 bits per heavy atom. The van der Waals surface area contributed by atoms with Crippen molar-refractivity contribution in [1.29, 1.82) is 0 Å². The first-order valence-electron chi connectivity index (χ1n) is 5.21. The van der Waals surface area contributed by atoms with E-state index >= 15 is 0 Å². The number of H-pyrrole nitrogens is 1. The van der Waals surface area contributed by atoms with Gasteiger partial charge in [-0.15, -0.1) is 11.3 Å². The van der Waals surface area contributed by atoms with Gasteiger partial charge in [-0.05, 0) is 29.2 Å². The van der Waals surface area contributed by atoms with Crippen molar-refractivity contribution in [3.63, 3.8) is 0 Å². The molecule has 3 rings (SSSR count). The van der Waals surface area contributed by atoms with Crippen molar-refractivity contribution < 1.29 is 0 Å². The number of thiophene rings is 1. The lowest BCUT2D eigenvalue weighted by molar-refractivity contribution is 1.47. The molecule has 0 saturated heterocycles. The third-order valence-electron chi connectivity index (χ3n) is 2.59. The Balaban J connectivity index is 2.01. The molecule has 2 aromatic heterocycles. The SMILES string of the molecule is C(=Cc1c[nH]c2ccccc12)c1cccs1. The van der Waals surface area contributed by atoms with E-state index in [0.29, 0.717) is 0 Å². The molecule has 1 aromatic carbocycles. The van der Waals surface area contributed by atoms with Crippen LogP contribution in [0.15, 0.2) is 48.0 Å². The Bertz CT molecular complexity index is 617. The second kappa shape index (κ2) is 3.99. The first-order chi connectivity index (χ1) is 7.93. The molecule has 78 valence electrons. The zero-order valence-electron chi connectivity index (χ0n) is 8.68. The van der Waals surface area contributed by atoms with Crippen molar-refractivity contribution in [3.05, 3.63) is 58.4 Å². The Morgan fingerprint density at radius 1 is 1.00 bits per heavy atom. The highest BCUT2D eigenvalue weighted by Crippen LogP contribution is 2.20. The summed E-state index contributed by atoms with van der Waals surface area (Å²) >= 11 is 1.75. The summed E-state index contributed by atoms with van der Waals surface area (Å²) in [5, 5.41) is 3.37. The predicted molar refractivity (Wildman–Crippen MR) is 71.5 cm³/mol. The largest absolute Gasteiger partial charge is 0.361 e. The molecule has 2 heterocycles. The molecule has 0 unspecified atom stereocenters. The minimum absolute atomic E-state index is 1.19. The first-order valence-corrected chi connectivity index (χ1v) is 6.09. The number of rotatable bonds is 2. The second-order valence-electron chi connectivity index (χ2n) is 3.64. The van der Waals surface area contributed by atoms with Crippen LogP contribution in [-0.4, -0.2) is 4.98 Å². The van der Waals surface area contributed by atoms with Crippen molar-refractivity contribution in [3.8, 4) is 0 Å². The van der Waals surface area contributed by atoms with Crippen LogP contribution >= 0.6 is 11.3 Å². The van der Waals surface area contributed by atoms with Crippen molar-refractivity contribution in [2.24, 2.45) is 0 Å². The molecule has 0 amide bonds. The molecule has 0 bridgehead atoms. The van der Waals surface area contributed by atoms with E-state index in [1.807, 2.05) is 6.07 Å². The molecule has 1 N–H and O–H groups in total. The van der Waals surface area contributed by atoms with Crippen LogP contribution in [0.4, 0.5) is 0 Å². The first kappa shape index (κ1) is 9.43. The van der Waals surface area contributed by atoms with E-state index in [4.69, 9.17) is 0 Å². The number of aromatic amines is 1. The fourth-order valence-corrected chi connectivity index (χ4v) is 2.41. The average Bonchev–Trinajstić information content (AvgIpc) is 2.96. The van der Waals surface area contributed by atoms with Crippen LogP contribution in [0, 0.1) is 0 Å². The topological polar surface area (TPSA) is 15.8 Å². The molecule has 0 fully saturated rings. The molecular formula is C14H11NS. The standard InChI is InChI=1S/C14H11NS/c1-2-6-14-13(5-1)11(10-15-14)7-8-12-4-3-9-16-12/h1-10,15H. The number of hydrogen-bond acceptors (Lipinski definition) is 1. The van der Waals surface area contributed by atoms with Gasteiger partial charge in [-0.1, -0.05) is 30.3 Å². The highest BCUT2D eigenvalue weighted by molar-refractivity contribution is 7.10. The van der Waals surface area contributed by atoms with Crippen LogP contribution in [0.25, 0.3) is 23.1 Å². The van der Waals surface area contributed by atoms with E-state index in [0.717, 1.165) is 0 Å². The van der Waals surface area contributed by atoms with E-state index in [9.17, 15) is 0 Å². The molecule has 1 nitrogen and oxygen atoms in total. The van der Waals surface area contributed by atoms with Gasteiger partial charge in [0.05, 0.1) is 0 Å². The minimum atomic E-state index is 1.19. The molecule has 0 saturated carbocycles. The smallest absolute Gasteiger partial charge is 0.0460 e. The zero-order chi connectivity index (χ0) is 10.8. The number of benzene rings is 1. The number of hydrogen-bond donors (Lipinski definition) is 1. The highest BCUT2D eigenvalue weighted by Gasteiger charge is 1.98. The van der Waals surface area contributed by atoms with E-state index in [2.05, 4.69) is 59.0 Å². The lowest BCUT2D eigenvalue weighted by Crippen LogP contribution is -1.67. The fourth-order valence-electron chi connectivity index (χ4n) is 1.79. The molecule has 0 radical (unpaired) electrons. The van der Waals surface area contributed by atoms with E-state index in [1.54, 1.807) is 11.3 Å². The summed E-state index contributed by atoms with van der Waals surface area (Å²) in [6.45, 7) is 0. The van der Waals surface area contributed by atoms with Gasteiger partial charge in [-0.3, -0.25) is 0 Å². The predicted octanol–water partition coefficient (Wildman–Crippen LogP) is 4.40. The lowest BCUT2D eigenvalue weighted by atomic mass is 10.1. The summed E-state index contributed by atoms with van der Waals surface area (Å²) in [6, 6.07) is 12.5. The Hall–Kier alpha value is -1.80. The van der Waals surface area contributed by atoms with Crippen LogP contribution in [0.3, 0.4) is 0 Å². The summed E-state index contributed by atoms with van der Waals surface area (Å²) in [5.74, 6) is 0. The van der Waals surface area contributed by atoms with Crippen LogP contribution < -0.4 is 0 Å². The van der Waals surface area contributed by atoms with Gasteiger partial charge in [0.25, 0.3) is 0 Å². The molecule has 3 aromatic rings. The van der Waals surface area contributed by atoms with E-state index in [-0.39, 0.29) is 0 Å². The molecule has 0 atom stereocenters. The molecule has 0 aliphatic carbocycles. The average molecular weight is 225 g/mol. The lowest BCUT2D eigenvalue weighted by Gasteiger charge is -1.90. The van der Waals surface area contributed by atoms with Gasteiger partial charge in [-0.25, -0.2) is 0 Å². The third-order valence-corrected chi connectivity index (χ3v) is 3.43. The number of para-hydroxylation sites is 1. The minimum Gasteiger partial charge on any atom is -0.361 e. The Labute approximate surface area is 98.1 Å². The Morgan fingerprint density at radius 3 is 2.81 bits per heavy atom. The van der Waals surface area contributed by atoms with Gasteiger partial charge in [-0.2, -0.15) is 0 Å². The van der Waals surface area contributed by atoms with Gasteiger partial charge < -0.3 is 4.98 Å². The molecule has 2 heteroatoms. The molecule has 0 spiro atoms. The molecule has 0 aliphatic rings. The maximum absolute atomic E-state index is 3.27. The van der Waals surface area contributed by atoms with Crippen molar-refractivity contribution in [1.82, 2.24) is 4.98 Å². The monoisotopic (exact) mass is 225 g/mol. The zero-order valence-corrected chi connectivity index (χ0v) is 9.50. The number of fused-ring (bicyclic) bond motifs is 1. The summed E-state index contributed by atoms with van der Waals surface area (Å²) in [4.78, 5) is 4.55. The molecule has 16 heavy (non-hydrogen) atoms. The van der Waals surface area contributed by atoms with Crippen molar-refractivity contribution in [2.75, 3.05) is 0 Å². The fraction of sp³-hybridized carbons (Fsp3) is 0. The van der Waals surface area contributed by atoms with Gasteiger partial charge in [0, 0.05) is 22.0 Å². The number of nitrogens with one attached hydrogen (secondary N) is 1. The van der Waals surface area contributed by atoms with Crippen molar-refractivity contribution >= 4 is 34.4 Å². The van der Waals surface area contributed by atoms with Crippen LogP contribution in [0.1, 0.15) is 10.4 Å². The van der Waals surface area contributed by atoms with E-state index < -0.39 is 0 Å². The summed E-state index contributed by atoms with van der Waals surface area (Å²) in [6.07, 6.45) is 6.36. The van der Waals surface area contributed by atoms with Crippen LogP contribution in [-0.2, 0) is 0 Å². The normalized spacial score (nSPS) is 11.5.